The molecule has 2 aromatic carbocycles. The van der Waals surface area contributed by atoms with Gasteiger partial charge in [-0.25, -0.2) is 0 Å². The molecule has 1 aromatic heterocycles. The summed E-state index contributed by atoms with van der Waals surface area (Å²) >= 11 is 2.87. The van der Waals surface area contributed by atoms with Crippen LogP contribution in [0, 0.1) is 13.8 Å². The lowest BCUT2D eigenvalue weighted by Gasteiger charge is -2.11. The summed E-state index contributed by atoms with van der Waals surface area (Å²) in [4.78, 5) is 40.0. The van der Waals surface area contributed by atoms with E-state index in [9.17, 15) is 14.4 Å². The Hall–Kier alpha value is -2.90. The number of carbonyl (C=O) groups is 2. The third-order valence-corrected chi connectivity index (χ3v) is 7.24. The van der Waals surface area contributed by atoms with Crippen molar-refractivity contribution in [3.63, 3.8) is 0 Å². The summed E-state index contributed by atoms with van der Waals surface area (Å²) in [7, 11) is 0. The van der Waals surface area contributed by atoms with Crippen molar-refractivity contribution in [2.75, 3.05) is 6.26 Å². The number of thioether (sulfide) groups is 1. The predicted octanol–water partition coefficient (Wildman–Crippen LogP) is 3.66. The van der Waals surface area contributed by atoms with Crippen molar-refractivity contribution in [3.8, 4) is 0 Å². The topological polar surface area (TPSA) is 68.2 Å². The molecule has 0 saturated carbocycles. The lowest BCUT2D eigenvalue weighted by atomic mass is 10.0. The van der Waals surface area contributed by atoms with Crippen molar-refractivity contribution in [1.82, 2.24) is 9.88 Å². The summed E-state index contributed by atoms with van der Waals surface area (Å²) in [5.41, 5.74) is 3.16. The quantitative estimate of drug-likeness (QED) is 0.383. The molecule has 1 N–H and O–H groups in total. The lowest BCUT2D eigenvalue weighted by molar-refractivity contribution is -0.122. The van der Waals surface area contributed by atoms with E-state index in [0.717, 1.165) is 28.0 Å². The van der Waals surface area contributed by atoms with Gasteiger partial charge in [-0.05, 0) is 69.4 Å². The van der Waals surface area contributed by atoms with Gasteiger partial charge in [-0.15, -0.1) is 23.1 Å². The fraction of sp³-hybridized carbons (Fsp3) is 0.296. The Kier molecular flexibility index (Phi) is 8.69. The van der Waals surface area contributed by atoms with E-state index in [-0.39, 0.29) is 29.8 Å². The first-order valence-corrected chi connectivity index (χ1v) is 13.2. The zero-order chi connectivity index (χ0) is 24.8. The average molecular weight is 495 g/mol. The van der Waals surface area contributed by atoms with Crippen LogP contribution in [0.5, 0.6) is 0 Å². The van der Waals surface area contributed by atoms with Crippen LogP contribution in [0.3, 0.4) is 0 Å². The zero-order valence-electron chi connectivity index (χ0n) is 20.2. The summed E-state index contributed by atoms with van der Waals surface area (Å²) in [5, 5.41) is 2.90. The van der Waals surface area contributed by atoms with Gasteiger partial charge in [0.05, 0.1) is 4.53 Å². The van der Waals surface area contributed by atoms with Crippen molar-refractivity contribution < 1.29 is 9.59 Å². The van der Waals surface area contributed by atoms with E-state index < -0.39 is 0 Å². The van der Waals surface area contributed by atoms with Gasteiger partial charge in [0.25, 0.3) is 5.56 Å². The first-order chi connectivity index (χ1) is 16.2. The van der Waals surface area contributed by atoms with Crippen LogP contribution >= 0.6 is 23.1 Å². The van der Waals surface area contributed by atoms with Crippen LogP contribution < -0.4 is 20.1 Å². The summed E-state index contributed by atoms with van der Waals surface area (Å²) in [5.74, 6) is -0.446. The Morgan fingerprint density at radius 3 is 2.35 bits per heavy atom. The molecule has 0 fully saturated rings. The van der Waals surface area contributed by atoms with E-state index in [0.29, 0.717) is 14.8 Å². The van der Waals surface area contributed by atoms with Crippen molar-refractivity contribution >= 4 is 46.9 Å². The highest BCUT2D eigenvalue weighted by atomic mass is 32.2. The van der Waals surface area contributed by atoms with Crippen LogP contribution in [-0.2, 0) is 11.3 Å². The van der Waals surface area contributed by atoms with Gasteiger partial charge in [0, 0.05) is 22.6 Å². The van der Waals surface area contributed by atoms with Gasteiger partial charge in [-0.3, -0.25) is 19.0 Å². The number of nitrogens with one attached hydrogen (secondary N) is 1. The molecule has 5 nitrogen and oxygen atoms in total. The van der Waals surface area contributed by atoms with Crippen molar-refractivity contribution in [3.05, 3.63) is 84.3 Å². The fourth-order valence-electron chi connectivity index (χ4n) is 3.52. The maximum absolute atomic E-state index is 13.3. The molecule has 1 atom stereocenters. The number of Topliss-reactive ketones (excluding diaryl/α,β-unsaturated/α-hetero) is 1. The number of aryl methyl sites for hydroxylation is 2. The third-order valence-electron chi connectivity index (χ3n) is 5.43. The van der Waals surface area contributed by atoms with Crippen molar-refractivity contribution in [2.45, 2.75) is 51.6 Å². The molecule has 3 rings (SSSR count). The minimum atomic E-state index is -0.280. The normalized spacial score (nSPS) is 13.2. The Morgan fingerprint density at radius 2 is 1.76 bits per heavy atom. The van der Waals surface area contributed by atoms with Gasteiger partial charge < -0.3 is 5.32 Å². The minimum absolute atomic E-state index is 0.00662. The number of benzene rings is 2. The molecule has 0 radical (unpaired) electrons. The molecule has 7 heteroatoms. The van der Waals surface area contributed by atoms with Crippen LogP contribution in [-0.4, -0.2) is 28.6 Å². The maximum atomic E-state index is 13.3. The molecule has 0 bridgehead atoms. The molecule has 3 aromatic rings. The highest BCUT2D eigenvalue weighted by Crippen LogP contribution is 2.15. The number of thiazole rings is 1. The van der Waals surface area contributed by atoms with E-state index in [2.05, 4.69) is 5.32 Å². The van der Waals surface area contributed by atoms with E-state index in [1.54, 1.807) is 17.8 Å². The van der Waals surface area contributed by atoms with Gasteiger partial charge in [0.2, 0.25) is 5.91 Å². The van der Waals surface area contributed by atoms with E-state index >= 15 is 0 Å². The predicted molar refractivity (Wildman–Crippen MR) is 142 cm³/mol. The summed E-state index contributed by atoms with van der Waals surface area (Å²) in [6.45, 7) is 7.66. The number of rotatable bonds is 8. The maximum Gasteiger partial charge on any atom is 0.269 e. The summed E-state index contributed by atoms with van der Waals surface area (Å²) < 4.78 is 2.33. The minimum Gasteiger partial charge on any atom is -0.352 e. The van der Waals surface area contributed by atoms with Crippen molar-refractivity contribution in [2.24, 2.45) is 0 Å². The van der Waals surface area contributed by atoms with Crippen LogP contribution in [0.1, 0.15) is 47.3 Å². The highest BCUT2D eigenvalue weighted by molar-refractivity contribution is 7.98. The number of carbonyl (C=O) groups excluding carboxylic acids is 2. The Balaban J connectivity index is 2.10. The number of hydrogen-bond acceptors (Lipinski definition) is 5. The van der Waals surface area contributed by atoms with Crippen LogP contribution in [0.4, 0.5) is 0 Å². The summed E-state index contributed by atoms with van der Waals surface area (Å²) in [6.07, 6.45) is 6.07. The Morgan fingerprint density at radius 1 is 1.12 bits per heavy atom. The molecular formula is C27H30N2O3S2. The second kappa shape index (κ2) is 11.5. The molecule has 1 heterocycles. The molecule has 178 valence electrons. The highest BCUT2D eigenvalue weighted by Gasteiger charge is 2.13. The second-order valence-corrected chi connectivity index (χ2v) is 10.3. The number of ketones is 1. The zero-order valence-corrected chi connectivity index (χ0v) is 21.8. The first-order valence-electron chi connectivity index (χ1n) is 11.2. The molecule has 1 amide bonds. The number of hydrogen-bond donors (Lipinski definition) is 1. The Labute approximate surface area is 208 Å². The van der Waals surface area contributed by atoms with E-state index in [4.69, 9.17) is 0 Å². The van der Waals surface area contributed by atoms with Gasteiger partial charge >= 0.3 is 0 Å². The standard InChI is InChI=1S/C27H30N2O3S2/c1-6-19(4)28-25(31)16-29-26(15-23(30)21-12-17(2)11-18(3)13-21)34-24(27(29)32)14-20-7-9-22(33-5)10-8-20/h7-15,19H,6,16H2,1-5H3,(H,28,31)/b24-14+,26-15-/t19-/m0/s1. The van der Waals surface area contributed by atoms with Gasteiger partial charge in [0.15, 0.2) is 5.78 Å². The summed E-state index contributed by atoms with van der Waals surface area (Å²) in [6, 6.07) is 13.6. The molecule has 0 aliphatic carbocycles. The largest absolute Gasteiger partial charge is 0.352 e. The number of amides is 1. The molecule has 0 spiro atoms. The molecule has 0 aliphatic heterocycles. The molecular weight excluding hydrogens is 464 g/mol. The Bertz CT molecular complexity index is 1350. The molecule has 0 aliphatic rings. The van der Waals surface area contributed by atoms with Gasteiger partial charge in [-0.2, -0.15) is 0 Å². The van der Waals surface area contributed by atoms with Gasteiger partial charge in [0.1, 0.15) is 11.2 Å². The molecule has 0 unspecified atom stereocenters. The van der Waals surface area contributed by atoms with Crippen LogP contribution in [0.25, 0.3) is 12.2 Å². The number of nitrogens with zero attached hydrogens (tertiary/aromatic N) is 1. The van der Waals surface area contributed by atoms with Gasteiger partial charge in [-0.1, -0.05) is 36.2 Å². The molecule has 0 saturated heterocycles. The van der Waals surface area contributed by atoms with Crippen LogP contribution in [0.15, 0.2) is 52.2 Å². The molecule has 34 heavy (non-hydrogen) atoms. The fourth-order valence-corrected chi connectivity index (χ4v) is 4.97. The number of aromatic nitrogens is 1. The van der Waals surface area contributed by atoms with Crippen molar-refractivity contribution in [1.29, 1.82) is 0 Å². The second-order valence-electron chi connectivity index (χ2n) is 8.38. The first kappa shape index (κ1) is 25.7. The lowest BCUT2D eigenvalue weighted by Crippen LogP contribution is -2.40. The van der Waals surface area contributed by atoms with E-state index in [1.165, 1.54) is 22.0 Å². The third kappa shape index (κ3) is 6.58. The van der Waals surface area contributed by atoms with Crippen LogP contribution in [0.2, 0.25) is 0 Å². The average Bonchev–Trinajstić information content (AvgIpc) is 3.07. The van der Waals surface area contributed by atoms with E-state index in [1.807, 2.05) is 76.4 Å². The SMILES string of the molecule is CC[C@H](C)NC(=O)Cn1c(=O)/c(=C\c2ccc(SC)cc2)s/c1=C\C(=O)c1cc(C)cc(C)c1. The monoisotopic (exact) mass is 494 g/mol. The smallest absolute Gasteiger partial charge is 0.269 e.